The summed E-state index contributed by atoms with van der Waals surface area (Å²) in [6, 6.07) is 14.5. The molecule has 0 aliphatic rings. The van der Waals surface area contributed by atoms with Crippen molar-refractivity contribution in [1.82, 2.24) is 0 Å². The molecular weight excluding hydrogens is 324 g/mol. The lowest BCUT2D eigenvalue weighted by molar-refractivity contribution is -0.117. The molecule has 0 aliphatic heterocycles. The maximum atomic E-state index is 12.6. The predicted molar refractivity (Wildman–Crippen MR) is 96.5 cm³/mol. The summed E-state index contributed by atoms with van der Waals surface area (Å²) in [7, 11) is 1.46. The number of ether oxygens (including phenoxy) is 1. The summed E-state index contributed by atoms with van der Waals surface area (Å²) in [4.78, 5) is 25.1. The number of hydrogen-bond donors (Lipinski definition) is 2. The fourth-order valence-electron chi connectivity index (χ4n) is 2.09. The van der Waals surface area contributed by atoms with Crippen LogP contribution in [-0.4, -0.2) is 23.7 Å². The monoisotopic (exact) mass is 344 g/mol. The van der Waals surface area contributed by atoms with Gasteiger partial charge in [-0.1, -0.05) is 18.2 Å². The number of benzene rings is 2. The molecule has 0 radical (unpaired) electrons. The molecular formula is C18H20N2O3S. The van der Waals surface area contributed by atoms with Gasteiger partial charge in [-0.15, -0.1) is 11.8 Å². The Kier molecular flexibility index (Phi) is 5.51. The molecule has 3 N–H and O–H groups in total. The zero-order chi connectivity index (χ0) is 17.7. The van der Waals surface area contributed by atoms with Gasteiger partial charge in [0.2, 0.25) is 5.91 Å². The molecule has 0 atom stereocenters. The third-order valence-electron chi connectivity index (χ3n) is 3.39. The molecule has 0 saturated carbocycles. The lowest BCUT2D eigenvalue weighted by Crippen LogP contribution is -2.34. The molecule has 0 spiro atoms. The van der Waals surface area contributed by atoms with E-state index in [2.05, 4.69) is 5.32 Å². The van der Waals surface area contributed by atoms with Gasteiger partial charge < -0.3 is 15.8 Å². The van der Waals surface area contributed by atoms with Gasteiger partial charge in [-0.2, -0.15) is 0 Å². The molecule has 0 aromatic heterocycles. The molecule has 0 heterocycles. The Labute approximate surface area is 145 Å². The molecule has 0 aliphatic carbocycles. The highest BCUT2D eigenvalue weighted by Gasteiger charge is 2.29. The number of nitrogens with two attached hydrogens (primary N) is 1. The Morgan fingerprint density at radius 2 is 1.79 bits per heavy atom. The first-order valence-corrected chi connectivity index (χ1v) is 8.18. The number of carbonyl (C=O) groups excluding carboxylic acids is 2. The van der Waals surface area contributed by atoms with Crippen molar-refractivity contribution in [3.63, 3.8) is 0 Å². The summed E-state index contributed by atoms with van der Waals surface area (Å²) in [6.07, 6.45) is 0. The van der Waals surface area contributed by atoms with Crippen LogP contribution in [0.1, 0.15) is 24.2 Å². The van der Waals surface area contributed by atoms with E-state index in [1.165, 1.54) is 24.9 Å². The minimum absolute atomic E-state index is 0.169. The normalized spacial score (nSPS) is 11.0. The standard InChI is InChI=1S/C18H20N2O3S/c1-18(2,24-13-7-5-4-6-8-13)17(22)20-12-9-10-15(23-3)14(11-12)16(19)21/h4-11H,1-3H3,(H2,19,21)(H,20,22). The molecule has 24 heavy (non-hydrogen) atoms. The van der Waals surface area contributed by atoms with Gasteiger partial charge in [0.1, 0.15) is 5.75 Å². The van der Waals surface area contributed by atoms with Crippen molar-refractivity contribution < 1.29 is 14.3 Å². The van der Waals surface area contributed by atoms with E-state index in [9.17, 15) is 9.59 Å². The molecule has 0 saturated heterocycles. The first-order chi connectivity index (χ1) is 11.3. The van der Waals surface area contributed by atoms with Gasteiger partial charge in [-0.3, -0.25) is 9.59 Å². The van der Waals surface area contributed by atoms with Crippen molar-refractivity contribution >= 4 is 29.3 Å². The number of amides is 2. The van der Waals surface area contributed by atoms with E-state index in [4.69, 9.17) is 10.5 Å². The van der Waals surface area contributed by atoms with Crippen molar-refractivity contribution in [2.24, 2.45) is 5.73 Å². The molecule has 2 amide bonds. The van der Waals surface area contributed by atoms with Crippen LogP contribution in [-0.2, 0) is 4.79 Å². The smallest absolute Gasteiger partial charge is 0.252 e. The van der Waals surface area contributed by atoms with Gasteiger partial charge in [-0.05, 0) is 44.2 Å². The lowest BCUT2D eigenvalue weighted by atomic mass is 10.1. The van der Waals surface area contributed by atoms with Gasteiger partial charge in [0.05, 0.1) is 17.4 Å². The summed E-state index contributed by atoms with van der Waals surface area (Å²) < 4.78 is 4.41. The third kappa shape index (κ3) is 4.29. The fourth-order valence-corrected chi connectivity index (χ4v) is 3.12. The Morgan fingerprint density at radius 1 is 1.12 bits per heavy atom. The fraction of sp³-hybridized carbons (Fsp3) is 0.222. The van der Waals surface area contributed by atoms with Gasteiger partial charge in [0, 0.05) is 10.6 Å². The molecule has 5 nitrogen and oxygen atoms in total. The van der Waals surface area contributed by atoms with Crippen LogP contribution in [0.25, 0.3) is 0 Å². The van der Waals surface area contributed by atoms with E-state index in [0.29, 0.717) is 11.4 Å². The van der Waals surface area contributed by atoms with E-state index in [0.717, 1.165) is 4.90 Å². The van der Waals surface area contributed by atoms with Crippen LogP contribution >= 0.6 is 11.8 Å². The van der Waals surface area contributed by atoms with Crippen LogP contribution in [0, 0.1) is 0 Å². The second kappa shape index (κ2) is 7.40. The largest absolute Gasteiger partial charge is 0.496 e. The minimum atomic E-state index is -0.686. The molecule has 126 valence electrons. The average molecular weight is 344 g/mol. The second-order valence-electron chi connectivity index (χ2n) is 5.66. The molecule has 2 rings (SSSR count). The highest BCUT2D eigenvalue weighted by Crippen LogP contribution is 2.33. The maximum absolute atomic E-state index is 12.6. The second-order valence-corrected chi connectivity index (χ2v) is 7.36. The number of hydrogen-bond acceptors (Lipinski definition) is 4. The lowest BCUT2D eigenvalue weighted by Gasteiger charge is -2.23. The quantitative estimate of drug-likeness (QED) is 0.788. The number of thioether (sulfide) groups is 1. The average Bonchev–Trinajstić information content (AvgIpc) is 2.55. The zero-order valence-electron chi connectivity index (χ0n) is 13.8. The highest BCUT2D eigenvalue weighted by molar-refractivity contribution is 8.01. The Hall–Kier alpha value is -2.47. The summed E-state index contributed by atoms with van der Waals surface area (Å²) in [5, 5.41) is 2.83. The van der Waals surface area contributed by atoms with Gasteiger partial charge in [0.15, 0.2) is 0 Å². The van der Waals surface area contributed by atoms with Crippen molar-refractivity contribution in [2.75, 3.05) is 12.4 Å². The highest BCUT2D eigenvalue weighted by atomic mass is 32.2. The van der Waals surface area contributed by atoms with Crippen LogP contribution < -0.4 is 15.8 Å². The Balaban J connectivity index is 2.16. The number of nitrogens with one attached hydrogen (secondary N) is 1. The van der Waals surface area contributed by atoms with Crippen molar-refractivity contribution in [2.45, 2.75) is 23.5 Å². The topological polar surface area (TPSA) is 81.4 Å². The number of primary amides is 1. The first-order valence-electron chi connectivity index (χ1n) is 7.37. The molecule has 6 heteroatoms. The van der Waals surface area contributed by atoms with E-state index in [1.807, 2.05) is 44.2 Å². The molecule has 0 bridgehead atoms. The minimum Gasteiger partial charge on any atom is -0.496 e. The zero-order valence-corrected chi connectivity index (χ0v) is 14.6. The summed E-state index contributed by atoms with van der Waals surface area (Å²) in [6.45, 7) is 3.69. The predicted octanol–water partition coefficient (Wildman–Crippen LogP) is 3.30. The van der Waals surface area contributed by atoms with Gasteiger partial charge in [0.25, 0.3) is 5.91 Å². The number of carbonyl (C=O) groups is 2. The molecule has 0 fully saturated rings. The number of rotatable bonds is 6. The number of anilines is 1. The van der Waals surface area contributed by atoms with Crippen LogP contribution in [0.3, 0.4) is 0 Å². The Morgan fingerprint density at radius 3 is 2.38 bits per heavy atom. The maximum Gasteiger partial charge on any atom is 0.252 e. The van der Waals surface area contributed by atoms with Crippen molar-refractivity contribution in [3.8, 4) is 5.75 Å². The molecule has 0 unspecified atom stereocenters. The SMILES string of the molecule is COc1ccc(NC(=O)C(C)(C)Sc2ccccc2)cc1C(N)=O. The van der Waals surface area contributed by atoms with E-state index < -0.39 is 10.7 Å². The molecule has 2 aromatic rings. The van der Waals surface area contributed by atoms with E-state index >= 15 is 0 Å². The van der Waals surface area contributed by atoms with Crippen molar-refractivity contribution in [1.29, 1.82) is 0 Å². The van der Waals surface area contributed by atoms with Crippen molar-refractivity contribution in [3.05, 3.63) is 54.1 Å². The number of methoxy groups -OCH3 is 1. The summed E-state index contributed by atoms with van der Waals surface area (Å²) in [5.41, 5.74) is 6.06. The third-order valence-corrected chi connectivity index (χ3v) is 4.59. The van der Waals surface area contributed by atoms with Gasteiger partial charge >= 0.3 is 0 Å². The Bertz CT molecular complexity index is 745. The van der Waals surface area contributed by atoms with Crippen LogP contribution in [0.5, 0.6) is 5.75 Å². The van der Waals surface area contributed by atoms with E-state index in [1.54, 1.807) is 12.1 Å². The van der Waals surface area contributed by atoms with Crippen LogP contribution in [0.2, 0.25) is 0 Å². The summed E-state index contributed by atoms with van der Waals surface area (Å²) >= 11 is 1.46. The van der Waals surface area contributed by atoms with Gasteiger partial charge in [-0.25, -0.2) is 0 Å². The van der Waals surface area contributed by atoms with E-state index in [-0.39, 0.29) is 11.5 Å². The van der Waals surface area contributed by atoms with Crippen LogP contribution in [0.15, 0.2) is 53.4 Å². The van der Waals surface area contributed by atoms with Crippen LogP contribution in [0.4, 0.5) is 5.69 Å². The molecule has 2 aromatic carbocycles. The summed E-state index contributed by atoms with van der Waals surface area (Å²) in [5.74, 6) is -0.406. The first kappa shape index (κ1) is 17.9.